The van der Waals surface area contributed by atoms with Gasteiger partial charge in [-0.3, -0.25) is 0 Å². The molecule has 0 spiro atoms. The van der Waals surface area contributed by atoms with Gasteiger partial charge >= 0.3 is 0 Å². The summed E-state index contributed by atoms with van der Waals surface area (Å²) in [4.78, 5) is 30.5. The Balaban J connectivity index is 0.000000108. The molecule has 0 saturated heterocycles. The van der Waals surface area contributed by atoms with Crippen LogP contribution >= 0.6 is 0 Å². The highest BCUT2D eigenvalue weighted by atomic mass is 16.3. The maximum atomic E-state index is 6.35. The first-order chi connectivity index (χ1) is 64.3. The fourth-order valence-electron chi connectivity index (χ4n) is 17.9. The Morgan fingerprint density at radius 2 is 0.492 bits per heavy atom. The highest BCUT2D eigenvalue weighted by molar-refractivity contribution is 6.11. The van der Waals surface area contributed by atoms with Gasteiger partial charge in [-0.2, -0.15) is 0 Å². The zero-order valence-electron chi connectivity index (χ0n) is 69.8. The van der Waals surface area contributed by atoms with E-state index in [9.17, 15) is 0 Å². The van der Waals surface area contributed by atoms with E-state index in [-0.39, 0.29) is 0 Å². The molecule has 9 aromatic heterocycles. The number of para-hydroxylation sites is 8. The molecule has 9 heterocycles. The Morgan fingerprint density at radius 1 is 0.162 bits per heavy atom. The van der Waals surface area contributed by atoms with E-state index in [1.54, 1.807) is 0 Å². The van der Waals surface area contributed by atoms with Crippen LogP contribution in [0.2, 0.25) is 0 Å². The van der Waals surface area contributed by atoms with Crippen molar-refractivity contribution in [2.75, 3.05) is 0 Å². The number of nitrogens with zero attached hydrogens (tertiary/aromatic N) is 7. The predicted octanol–water partition coefficient (Wildman–Crippen LogP) is 31.7. The molecule has 610 valence electrons. The lowest BCUT2D eigenvalue weighted by atomic mass is 9.97. The number of rotatable bonds is 13. The van der Waals surface area contributed by atoms with Crippen LogP contribution in [-0.4, -0.2) is 34.5 Å². The summed E-state index contributed by atoms with van der Waals surface area (Å²) in [6, 6.07) is 152. The van der Waals surface area contributed by atoms with Crippen LogP contribution in [0.5, 0.6) is 0 Å². The summed E-state index contributed by atoms with van der Waals surface area (Å²) in [5, 5.41) is 12.3. The van der Waals surface area contributed by atoms with Gasteiger partial charge in [0.1, 0.15) is 56.2 Å². The lowest BCUT2D eigenvalue weighted by molar-refractivity contribution is 0.628. The number of hydrogen-bond donors (Lipinski definition) is 0. The monoisotopic (exact) mass is 1670 g/mol. The van der Waals surface area contributed by atoms with Gasteiger partial charge in [-0.15, -0.1) is 0 Å². The zero-order chi connectivity index (χ0) is 86.0. The van der Waals surface area contributed by atoms with E-state index in [1.165, 1.54) is 32.7 Å². The maximum absolute atomic E-state index is 6.35. The van der Waals surface area contributed by atoms with Crippen LogP contribution in [0.25, 0.3) is 251 Å². The summed E-state index contributed by atoms with van der Waals surface area (Å²) in [6.07, 6.45) is 0. The van der Waals surface area contributed by atoms with Gasteiger partial charge in [0.15, 0.2) is 34.8 Å². The Kier molecular flexibility index (Phi) is 18.9. The molecule has 0 fully saturated rings. The molecule has 0 saturated carbocycles. The van der Waals surface area contributed by atoms with Crippen LogP contribution in [0.1, 0.15) is 0 Å². The van der Waals surface area contributed by atoms with Crippen LogP contribution in [0.3, 0.4) is 0 Å². The van der Waals surface area contributed by atoms with Crippen molar-refractivity contribution in [1.82, 2.24) is 34.5 Å². The number of aromatic nitrogens is 7. The molecule has 0 atom stereocenters. The predicted molar refractivity (Wildman–Crippen MR) is 527 cm³/mol. The second-order valence-electron chi connectivity index (χ2n) is 32.3. The van der Waals surface area contributed by atoms with Gasteiger partial charge in [-0.1, -0.05) is 322 Å². The molecule has 0 unspecified atom stereocenters. The third-order valence-corrected chi connectivity index (χ3v) is 24.3. The number of furan rings is 5. The molecule has 0 aliphatic rings. The number of fused-ring (bicyclic) bond motifs is 13. The summed E-state index contributed by atoms with van der Waals surface area (Å²) in [7, 11) is 0. The molecule has 0 bridgehead atoms. The van der Waals surface area contributed by atoms with Gasteiger partial charge in [0.2, 0.25) is 0 Å². The van der Waals surface area contributed by atoms with Gasteiger partial charge in [0, 0.05) is 81.9 Å². The molecule has 17 aromatic carbocycles. The van der Waals surface area contributed by atoms with Crippen molar-refractivity contribution in [3.8, 4) is 141 Å². The van der Waals surface area contributed by atoms with E-state index in [0.717, 1.165) is 183 Å². The molecule has 0 amide bonds. The topological polar surface area (TPSA) is 148 Å². The summed E-state index contributed by atoms with van der Waals surface area (Å²) >= 11 is 0. The van der Waals surface area contributed by atoms with Gasteiger partial charge in [0.05, 0.1) is 33.8 Å². The second-order valence-corrected chi connectivity index (χ2v) is 32.3. The third-order valence-electron chi connectivity index (χ3n) is 24.3. The van der Waals surface area contributed by atoms with Gasteiger partial charge in [0.25, 0.3) is 0 Å². The Hall–Kier alpha value is -17.7. The van der Waals surface area contributed by atoms with Crippen LogP contribution in [0.4, 0.5) is 0 Å². The molecular formula is C118H73N7O5. The van der Waals surface area contributed by atoms with Crippen LogP contribution in [0, 0.1) is 0 Å². The fourth-order valence-corrected chi connectivity index (χ4v) is 17.9. The largest absolute Gasteiger partial charge is 0.456 e. The quantitative estimate of drug-likeness (QED) is 0.109. The molecule has 12 heteroatoms. The first-order valence-corrected chi connectivity index (χ1v) is 43.3. The lowest BCUT2D eigenvalue weighted by Crippen LogP contribution is -2.01. The van der Waals surface area contributed by atoms with Crippen LogP contribution in [-0.2, 0) is 0 Å². The van der Waals surface area contributed by atoms with E-state index in [2.05, 4.69) is 290 Å². The standard InChI is InChI=1S/C42H27N3O.C40H24N2O2.C36H22N2O2/c1-2-13-28(14-3-1)29-16-12-17-30(25-29)35-27-36(41-26-31-15-4-11-24-40(31)46-41)44-42(43-35)34-20-7-10-23-39(34)45-37-21-8-5-18-32(37)33-19-6-9-22-38(33)45;1-3-11-30-25(8-1)10-7-13-31(30)26-16-18-27(19-17-26)34-24-35(39-22-28-9-2-5-14-36(28)43-39)42-40(41-34)29-20-21-33-32-12-4-6-15-37(32)44-38(33)23-29;1-2-8-23(9-3-1)24-14-16-25(17-15-24)30-22-31(35-20-26-10-4-6-12-32(26)39-35)38-36(37-30)27-18-19-29-28-11-5-7-13-33(28)40-34(29)21-27/h1-27H;1-24H;1-22H. The van der Waals surface area contributed by atoms with Crippen molar-refractivity contribution in [2.45, 2.75) is 0 Å². The highest BCUT2D eigenvalue weighted by Gasteiger charge is 2.24. The second kappa shape index (κ2) is 32.4. The summed E-state index contributed by atoms with van der Waals surface area (Å²) in [5.74, 6) is 3.97. The van der Waals surface area contributed by atoms with Crippen LogP contribution in [0.15, 0.2) is 465 Å². The molecule has 0 aliphatic carbocycles. The van der Waals surface area contributed by atoms with E-state index in [4.69, 9.17) is 52.0 Å². The van der Waals surface area contributed by atoms with Crippen molar-refractivity contribution in [3.63, 3.8) is 0 Å². The van der Waals surface area contributed by atoms with Crippen molar-refractivity contribution < 1.29 is 22.1 Å². The van der Waals surface area contributed by atoms with E-state index in [1.807, 2.05) is 158 Å². The van der Waals surface area contributed by atoms with Crippen molar-refractivity contribution in [3.05, 3.63) is 443 Å². The van der Waals surface area contributed by atoms with E-state index < -0.39 is 0 Å². The van der Waals surface area contributed by atoms with Gasteiger partial charge < -0.3 is 26.7 Å². The molecule has 26 aromatic rings. The Morgan fingerprint density at radius 3 is 1.01 bits per heavy atom. The Bertz CT molecular complexity index is 8670. The van der Waals surface area contributed by atoms with E-state index in [0.29, 0.717) is 34.8 Å². The minimum Gasteiger partial charge on any atom is -0.456 e. The summed E-state index contributed by atoms with van der Waals surface area (Å²) in [6.45, 7) is 0. The minimum atomic E-state index is 0.610. The van der Waals surface area contributed by atoms with Gasteiger partial charge in [-0.05, 0) is 165 Å². The van der Waals surface area contributed by atoms with Crippen molar-refractivity contribution in [2.24, 2.45) is 0 Å². The molecule has 0 aliphatic heterocycles. The first kappa shape index (κ1) is 76.0. The van der Waals surface area contributed by atoms with Crippen LogP contribution < -0.4 is 0 Å². The molecule has 0 radical (unpaired) electrons. The third kappa shape index (κ3) is 14.3. The molecule has 0 N–H and O–H groups in total. The maximum Gasteiger partial charge on any atom is 0.162 e. The summed E-state index contributed by atoms with van der Waals surface area (Å²) in [5.41, 5.74) is 26.5. The van der Waals surface area contributed by atoms with Gasteiger partial charge in [-0.25, -0.2) is 29.9 Å². The van der Waals surface area contributed by atoms with E-state index >= 15 is 0 Å². The average Bonchev–Trinajstić information content (AvgIpc) is 1.59. The fraction of sp³-hybridized carbons (Fsp3) is 0. The smallest absolute Gasteiger partial charge is 0.162 e. The lowest BCUT2D eigenvalue weighted by Gasteiger charge is -2.14. The normalized spacial score (nSPS) is 11.5. The van der Waals surface area contributed by atoms with Crippen molar-refractivity contribution in [1.29, 1.82) is 0 Å². The SMILES string of the molecule is c1ccc(-c2ccc(-c3cc(-c4cc5ccccc5o4)nc(-c4ccc5c(c4)oc4ccccc45)n3)cc2)cc1.c1ccc(-c2cccc(-c3cc(-c4cc5ccccc5o4)nc(-c4ccccc4-n4c5ccccc5c5ccccc54)n3)c2)cc1.c1ccc2oc(-c3cc(-c4ccc(-c5cccc6ccccc56)cc4)nc(-c4ccc5c(c4)oc4ccccc45)n3)cc2c1. The van der Waals surface area contributed by atoms with Crippen molar-refractivity contribution >= 4 is 109 Å². The molecule has 130 heavy (non-hydrogen) atoms. The first-order valence-electron chi connectivity index (χ1n) is 43.3. The molecular weight excluding hydrogens is 1600 g/mol. The zero-order valence-corrected chi connectivity index (χ0v) is 69.8. The minimum absolute atomic E-state index is 0.610. The molecule has 12 nitrogen and oxygen atoms in total. The molecule has 26 rings (SSSR count). The average molecular weight is 1670 g/mol. The Labute approximate surface area is 745 Å². The number of benzene rings is 17. The summed E-state index contributed by atoms with van der Waals surface area (Å²) < 4.78 is 33.5. The highest BCUT2D eigenvalue weighted by Crippen LogP contribution is 2.43. The number of hydrogen-bond acceptors (Lipinski definition) is 11.